The third-order valence-electron chi connectivity index (χ3n) is 2.95. The second kappa shape index (κ2) is 6.52. The van der Waals surface area contributed by atoms with Crippen molar-refractivity contribution in [2.75, 3.05) is 13.2 Å². The van der Waals surface area contributed by atoms with Crippen molar-refractivity contribution in [3.8, 4) is 5.75 Å². The lowest BCUT2D eigenvalue weighted by molar-refractivity contribution is -0.143. The van der Waals surface area contributed by atoms with Crippen molar-refractivity contribution in [3.63, 3.8) is 0 Å². The fourth-order valence-corrected chi connectivity index (χ4v) is 1.95. The molecule has 0 aromatic carbocycles. The standard InChI is InChI=1S/C14H20N2O3/c1-3-7-15-9-11-12(5-4-10(2)16-11)19-13-6-8-18-14(13)17/h4-5,13,15H,3,6-9H2,1-2H3. The van der Waals surface area contributed by atoms with Gasteiger partial charge in [-0.25, -0.2) is 4.79 Å². The smallest absolute Gasteiger partial charge is 0.347 e. The summed E-state index contributed by atoms with van der Waals surface area (Å²) in [6.45, 7) is 6.07. The Morgan fingerprint density at radius 2 is 2.37 bits per heavy atom. The summed E-state index contributed by atoms with van der Waals surface area (Å²) in [7, 11) is 0. The van der Waals surface area contributed by atoms with Gasteiger partial charge in [-0.15, -0.1) is 0 Å². The quantitative estimate of drug-likeness (QED) is 0.624. The van der Waals surface area contributed by atoms with Crippen molar-refractivity contribution >= 4 is 5.97 Å². The van der Waals surface area contributed by atoms with Gasteiger partial charge < -0.3 is 14.8 Å². The van der Waals surface area contributed by atoms with E-state index in [2.05, 4.69) is 17.2 Å². The molecule has 1 fully saturated rings. The van der Waals surface area contributed by atoms with Crippen LogP contribution in [0.2, 0.25) is 0 Å². The number of aromatic nitrogens is 1. The number of esters is 1. The Kier molecular flexibility index (Phi) is 4.74. The number of nitrogens with one attached hydrogen (secondary N) is 1. The van der Waals surface area contributed by atoms with Gasteiger partial charge in [0, 0.05) is 18.7 Å². The van der Waals surface area contributed by atoms with Crippen LogP contribution in [0.25, 0.3) is 0 Å². The Hall–Kier alpha value is -1.62. The molecular weight excluding hydrogens is 244 g/mol. The molecule has 19 heavy (non-hydrogen) atoms. The first kappa shape index (κ1) is 13.8. The number of rotatable bonds is 6. The number of cyclic esters (lactones) is 1. The van der Waals surface area contributed by atoms with Crippen LogP contribution in [0.4, 0.5) is 0 Å². The van der Waals surface area contributed by atoms with Crippen molar-refractivity contribution in [2.24, 2.45) is 0 Å². The van der Waals surface area contributed by atoms with E-state index in [0.29, 0.717) is 25.3 Å². The summed E-state index contributed by atoms with van der Waals surface area (Å²) >= 11 is 0. The van der Waals surface area contributed by atoms with Crippen molar-refractivity contribution in [2.45, 2.75) is 39.3 Å². The first-order valence-electron chi connectivity index (χ1n) is 6.71. The predicted octanol–water partition coefficient (Wildman–Crippen LogP) is 1.58. The number of hydrogen-bond acceptors (Lipinski definition) is 5. The zero-order valence-corrected chi connectivity index (χ0v) is 11.4. The second-order valence-electron chi connectivity index (χ2n) is 4.64. The van der Waals surface area contributed by atoms with Crippen LogP contribution in [-0.4, -0.2) is 30.2 Å². The molecule has 1 atom stereocenters. The maximum Gasteiger partial charge on any atom is 0.347 e. The first-order chi connectivity index (χ1) is 9.20. The molecule has 1 aliphatic rings. The number of hydrogen-bond donors (Lipinski definition) is 1. The highest BCUT2D eigenvalue weighted by Crippen LogP contribution is 2.21. The summed E-state index contributed by atoms with van der Waals surface area (Å²) in [6, 6.07) is 3.76. The average Bonchev–Trinajstić information content (AvgIpc) is 2.78. The third-order valence-corrected chi connectivity index (χ3v) is 2.95. The fourth-order valence-electron chi connectivity index (χ4n) is 1.95. The highest BCUT2D eigenvalue weighted by atomic mass is 16.6. The number of ether oxygens (including phenoxy) is 2. The molecule has 1 unspecified atom stereocenters. The Morgan fingerprint density at radius 3 is 3.05 bits per heavy atom. The number of carbonyl (C=O) groups is 1. The van der Waals surface area contributed by atoms with Gasteiger partial charge in [-0.3, -0.25) is 4.98 Å². The maximum atomic E-state index is 11.4. The van der Waals surface area contributed by atoms with Gasteiger partial charge in [0.2, 0.25) is 0 Å². The molecule has 1 aliphatic heterocycles. The van der Waals surface area contributed by atoms with Crippen LogP contribution in [0.15, 0.2) is 12.1 Å². The summed E-state index contributed by atoms with van der Waals surface area (Å²) in [4.78, 5) is 15.9. The largest absolute Gasteiger partial charge is 0.477 e. The van der Waals surface area contributed by atoms with E-state index in [1.807, 2.05) is 19.1 Å². The van der Waals surface area contributed by atoms with Crippen molar-refractivity contribution < 1.29 is 14.3 Å². The van der Waals surface area contributed by atoms with Gasteiger partial charge in [0.15, 0.2) is 6.10 Å². The Bertz CT molecular complexity index is 448. The lowest BCUT2D eigenvalue weighted by atomic mass is 10.2. The van der Waals surface area contributed by atoms with Gasteiger partial charge >= 0.3 is 5.97 Å². The Labute approximate surface area is 113 Å². The van der Waals surface area contributed by atoms with E-state index in [1.165, 1.54) is 0 Å². The number of nitrogens with zero attached hydrogens (tertiary/aromatic N) is 1. The molecule has 0 aliphatic carbocycles. The topological polar surface area (TPSA) is 60.5 Å². The van der Waals surface area contributed by atoms with E-state index < -0.39 is 6.10 Å². The molecule has 0 amide bonds. The van der Waals surface area contributed by atoms with Crippen LogP contribution < -0.4 is 10.1 Å². The molecule has 0 radical (unpaired) electrons. The Morgan fingerprint density at radius 1 is 1.53 bits per heavy atom. The highest BCUT2D eigenvalue weighted by Gasteiger charge is 2.29. The molecule has 2 heterocycles. The fraction of sp³-hybridized carbons (Fsp3) is 0.571. The molecule has 5 nitrogen and oxygen atoms in total. The van der Waals surface area contributed by atoms with Gasteiger partial charge in [0.25, 0.3) is 0 Å². The van der Waals surface area contributed by atoms with E-state index in [4.69, 9.17) is 9.47 Å². The second-order valence-corrected chi connectivity index (χ2v) is 4.64. The molecule has 104 valence electrons. The van der Waals surface area contributed by atoms with E-state index >= 15 is 0 Å². The third kappa shape index (κ3) is 3.67. The van der Waals surface area contributed by atoms with Gasteiger partial charge in [0.1, 0.15) is 5.75 Å². The number of pyridine rings is 1. The molecule has 1 saturated heterocycles. The summed E-state index contributed by atoms with van der Waals surface area (Å²) in [5.74, 6) is 0.381. The zero-order valence-electron chi connectivity index (χ0n) is 11.4. The van der Waals surface area contributed by atoms with E-state index in [-0.39, 0.29) is 5.97 Å². The summed E-state index contributed by atoms with van der Waals surface area (Å²) in [6.07, 6.45) is 1.18. The predicted molar refractivity (Wildman–Crippen MR) is 71.0 cm³/mol. The number of carbonyl (C=O) groups excluding carboxylic acids is 1. The van der Waals surface area contributed by atoms with E-state index in [0.717, 1.165) is 24.4 Å². The average molecular weight is 264 g/mol. The molecule has 5 heteroatoms. The summed E-state index contributed by atoms with van der Waals surface area (Å²) < 4.78 is 10.6. The van der Waals surface area contributed by atoms with E-state index in [1.54, 1.807) is 0 Å². The maximum absolute atomic E-state index is 11.4. The van der Waals surface area contributed by atoms with Crippen LogP contribution in [0.5, 0.6) is 5.75 Å². The lowest BCUT2D eigenvalue weighted by Gasteiger charge is -2.14. The van der Waals surface area contributed by atoms with Gasteiger partial charge in [-0.1, -0.05) is 6.92 Å². The minimum Gasteiger partial charge on any atom is -0.477 e. The van der Waals surface area contributed by atoms with Gasteiger partial charge in [0.05, 0.1) is 12.3 Å². The monoisotopic (exact) mass is 264 g/mol. The molecule has 1 aromatic rings. The van der Waals surface area contributed by atoms with Gasteiger partial charge in [-0.2, -0.15) is 0 Å². The van der Waals surface area contributed by atoms with Crippen molar-refractivity contribution in [1.82, 2.24) is 10.3 Å². The van der Waals surface area contributed by atoms with Gasteiger partial charge in [-0.05, 0) is 32.0 Å². The SMILES string of the molecule is CCCNCc1nc(C)ccc1OC1CCOC1=O. The molecule has 0 spiro atoms. The number of aryl methyl sites for hydroxylation is 1. The zero-order chi connectivity index (χ0) is 13.7. The van der Waals surface area contributed by atoms with Crippen molar-refractivity contribution in [3.05, 3.63) is 23.5 Å². The highest BCUT2D eigenvalue weighted by molar-refractivity contribution is 5.76. The van der Waals surface area contributed by atoms with Crippen LogP contribution in [0.1, 0.15) is 31.2 Å². The Balaban J connectivity index is 2.07. The summed E-state index contributed by atoms with van der Waals surface area (Å²) in [5, 5.41) is 3.30. The van der Waals surface area contributed by atoms with Crippen LogP contribution in [-0.2, 0) is 16.1 Å². The van der Waals surface area contributed by atoms with E-state index in [9.17, 15) is 4.79 Å². The van der Waals surface area contributed by atoms with Crippen LogP contribution in [0.3, 0.4) is 0 Å². The molecule has 1 aromatic heterocycles. The van der Waals surface area contributed by atoms with Crippen molar-refractivity contribution in [1.29, 1.82) is 0 Å². The molecule has 2 rings (SSSR count). The normalized spacial score (nSPS) is 18.4. The minimum atomic E-state index is -0.491. The molecule has 1 N–H and O–H groups in total. The van der Waals surface area contributed by atoms with Crippen LogP contribution in [0, 0.1) is 6.92 Å². The molecule has 0 saturated carbocycles. The molecule has 0 bridgehead atoms. The molecular formula is C14H20N2O3. The first-order valence-corrected chi connectivity index (χ1v) is 6.71. The van der Waals surface area contributed by atoms with Crippen LogP contribution >= 0.6 is 0 Å². The summed E-state index contributed by atoms with van der Waals surface area (Å²) in [5.41, 5.74) is 1.78. The minimum absolute atomic E-state index is 0.284. The lowest BCUT2D eigenvalue weighted by Crippen LogP contribution is -2.23.